The van der Waals surface area contributed by atoms with E-state index in [1.807, 2.05) is 67.8 Å². The molecule has 0 fully saturated rings. The van der Waals surface area contributed by atoms with Crippen LogP contribution in [-0.2, 0) is 5.41 Å². The molecule has 2 aromatic carbocycles. The molecule has 1 heterocycles. The summed E-state index contributed by atoms with van der Waals surface area (Å²) in [5.41, 5.74) is 1.33. The predicted octanol–water partition coefficient (Wildman–Crippen LogP) is 5.82. The van der Waals surface area contributed by atoms with Crippen LogP contribution in [0.5, 0.6) is 0 Å². The molecule has 0 aliphatic heterocycles. The summed E-state index contributed by atoms with van der Waals surface area (Å²) in [5.74, 6) is 0.165. The molecule has 21 heavy (non-hydrogen) atoms. The molecule has 0 spiro atoms. The molecule has 3 aromatic rings. The summed E-state index contributed by atoms with van der Waals surface area (Å²) < 4.78 is 2.17. The Hall–Kier alpha value is -1.45. The molecule has 3 rings (SSSR count). The molecule has 1 nitrogen and oxygen atoms in total. The number of halogens is 1. The van der Waals surface area contributed by atoms with Gasteiger partial charge in [0.25, 0.3) is 0 Å². The lowest BCUT2D eigenvalue weighted by atomic mass is 9.78. The summed E-state index contributed by atoms with van der Waals surface area (Å²) in [6.45, 7) is 3.98. The molecular formula is C18H15BrOS. The number of ketones is 1. The van der Waals surface area contributed by atoms with E-state index in [2.05, 4.69) is 15.9 Å². The molecule has 0 saturated carbocycles. The van der Waals surface area contributed by atoms with Gasteiger partial charge in [0.2, 0.25) is 0 Å². The van der Waals surface area contributed by atoms with E-state index in [0.717, 1.165) is 25.7 Å². The standard InChI is InChI=1S/C18H15BrOS/c1-18(2,12-7-4-3-5-8-12)17(20)14-11-21-16-13(14)9-6-10-15(16)19/h3-11H,1-2H3. The van der Waals surface area contributed by atoms with Gasteiger partial charge in [-0.2, -0.15) is 0 Å². The maximum Gasteiger partial charge on any atom is 0.174 e. The van der Waals surface area contributed by atoms with E-state index in [0.29, 0.717) is 0 Å². The highest BCUT2D eigenvalue weighted by molar-refractivity contribution is 9.10. The molecule has 106 valence electrons. The second-order valence-corrected chi connectivity index (χ2v) is 7.32. The van der Waals surface area contributed by atoms with Crippen molar-refractivity contribution in [3.05, 3.63) is 69.5 Å². The fourth-order valence-electron chi connectivity index (χ4n) is 2.52. The van der Waals surface area contributed by atoms with Gasteiger partial charge in [0.15, 0.2) is 5.78 Å². The normalized spacial score (nSPS) is 11.8. The summed E-state index contributed by atoms with van der Waals surface area (Å²) in [5, 5.41) is 3.01. The maximum atomic E-state index is 13.0. The van der Waals surface area contributed by atoms with Crippen LogP contribution in [0, 0.1) is 0 Å². The van der Waals surface area contributed by atoms with Gasteiger partial charge in [-0.1, -0.05) is 42.5 Å². The van der Waals surface area contributed by atoms with E-state index >= 15 is 0 Å². The molecule has 0 aliphatic rings. The Kier molecular flexibility index (Phi) is 3.72. The number of fused-ring (bicyclic) bond motifs is 1. The van der Waals surface area contributed by atoms with Crippen molar-refractivity contribution >= 4 is 43.1 Å². The largest absolute Gasteiger partial charge is 0.293 e. The van der Waals surface area contributed by atoms with Crippen LogP contribution in [0.15, 0.2) is 58.4 Å². The van der Waals surface area contributed by atoms with Crippen LogP contribution in [0.4, 0.5) is 0 Å². The highest BCUT2D eigenvalue weighted by Crippen LogP contribution is 2.36. The lowest BCUT2D eigenvalue weighted by molar-refractivity contribution is 0.0911. The molecule has 0 unspecified atom stereocenters. The fourth-order valence-corrected chi connectivity index (χ4v) is 4.12. The van der Waals surface area contributed by atoms with Crippen molar-refractivity contribution in [3.63, 3.8) is 0 Å². The summed E-state index contributed by atoms with van der Waals surface area (Å²) in [6.07, 6.45) is 0. The van der Waals surface area contributed by atoms with Gasteiger partial charge >= 0.3 is 0 Å². The molecular weight excluding hydrogens is 344 g/mol. The van der Waals surface area contributed by atoms with Crippen molar-refractivity contribution in [2.45, 2.75) is 19.3 Å². The van der Waals surface area contributed by atoms with E-state index in [1.165, 1.54) is 0 Å². The zero-order valence-electron chi connectivity index (χ0n) is 11.9. The van der Waals surface area contributed by atoms with Crippen molar-refractivity contribution in [2.24, 2.45) is 0 Å². The third kappa shape index (κ3) is 2.45. The average Bonchev–Trinajstić information content (AvgIpc) is 2.92. The van der Waals surface area contributed by atoms with Crippen molar-refractivity contribution < 1.29 is 4.79 Å². The molecule has 0 radical (unpaired) electrons. The smallest absolute Gasteiger partial charge is 0.174 e. The highest BCUT2D eigenvalue weighted by atomic mass is 79.9. The van der Waals surface area contributed by atoms with Crippen LogP contribution < -0.4 is 0 Å². The lowest BCUT2D eigenvalue weighted by Crippen LogP contribution is -2.28. The van der Waals surface area contributed by atoms with Gasteiger partial charge in [-0.15, -0.1) is 11.3 Å². The van der Waals surface area contributed by atoms with E-state index in [1.54, 1.807) is 11.3 Å². The van der Waals surface area contributed by atoms with Crippen LogP contribution in [0.25, 0.3) is 10.1 Å². The first kappa shape index (κ1) is 14.5. The number of hydrogen-bond donors (Lipinski definition) is 0. The first-order valence-electron chi connectivity index (χ1n) is 6.78. The molecule has 0 N–H and O–H groups in total. The number of rotatable bonds is 3. The number of Topliss-reactive ketones (excluding diaryl/α,β-unsaturated/α-hetero) is 1. The Labute approximate surface area is 136 Å². The van der Waals surface area contributed by atoms with Gasteiger partial charge in [0, 0.05) is 25.5 Å². The Balaban J connectivity index is 2.11. The van der Waals surface area contributed by atoms with E-state index in [-0.39, 0.29) is 5.78 Å². The molecule has 0 amide bonds. The summed E-state index contributed by atoms with van der Waals surface area (Å²) in [6, 6.07) is 16.0. The SMILES string of the molecule is CC(C)(C(=O)c1csc2c(Br)cccc12)c1ccccc1. The summed E-state index contributed by atoms with van der Waals surface area (Å²) in [7, 11) is 0. The Morgan fingerprint density at radius 1 is 1.05 bits per heavy atom. The number of hydrogen-bond acceptors (Lipinski definition) is 2. The van der Waals surface area contributed by atoms with E-state index < -0.39 is 5.41 Å². The molecule has 0 atom stereocenters. The molecule has 0 aliphatic carbocycles. The molecule has 0 saturated heterocycles. The summed E-state index contributed by atoms with van der Waals surface area (Å²) in [4.78, 5) is 13.0. The Morgan fingerprint density at radius 3 is 2.48 bits per heavy atom. The number of benzene rings is 2. The third-order valence-corrected chi connectivity index (χ3v) is 5.81. The molecule has 0 bridgehead atoms. The first-order valence-corrected chi connectivity index (χ1v) is 8.45. The number of carbonyl (C=O) groups is 1. The Bertz CT molecular complexity index is 802. The average molecular weight is 359 g/mol. The van der Waals surface area contributed by atoms with Gasteiger partial charge < -0.3 is 0 Å². The van der Waals surface area contributed by atoms with Crippen LogP contribution in [0.1, 0.15) is 29.8 Å². The zero-order valence-corrected chi connectivity index (χ0v) is 14.3. The fraction of sp³-hybridized carbons (Fsp3) is 0.167. The van der Waals surface area contributed by atoms with Crippen molar-refractivity contribution in [1.82, 2.24) is 0 Å². The Morgan fingerprint density at radius 2 is 1.76 bits per heavy atom. The van der Waals surface area contributed by atoms with Gasteiger partial charge in [0.1, 0.15) is 0 Å². The van der Waals surface area contributed by atoms with Crippen molar-refractivity contribution in [2.75, 3.05) is 0 Å². The second kappa shape index (κ2) is 5.39. The van der Waals surface area contributed by atoms with Crippen LogP contribution >= 0.6 is 27.3 Å². The number of thiophene rings is 1. The monoisotopic (exact) mass is 358 g/mol. The van der Waals surface area contributed by atoms with Gasteiger partial charge in [-0.3, -0.25) is 4.79 Å². The first-order chi connectivity index (χ1) is 10.0. The predicted molar refractivity (Wildman–Crippen MR) is 93.3 cm³/mol. The summed E-state index contributed by atoms with van der Waals surface area (Å²) >= 11 is 5.17. The van der Waals surface area contributed by atoms with Crippen LogP contribution in [0.3, 0.4) is 0 Å². The van der Waals surface area contributed by atoms with Gasteiger partial charge in [-0.05, 0) is 41.4 Å². The van der Waals surface area contributed by atoms with Crippen molar-refractivity contribution in [1.29, 1.82) is 0 Å². The zero-order chi connectivity index (χ0) is 15.0. The van der Waals surface area contributed by atoms with Crippen LogP contribution in [-0.4, -0.2) is 5.78 Å². The van der Waals surface area contributed by atoms with Gasteiger partial charge in [0.05, 0.1) is 5.41 Å². The third-order valence-electron chi connectivity index (χ3n) is 3.86. The molecule has 3 heteroatoms. The minimum absolute atomic E-state index is 0.165. The van der Waals surface area contributed by atoms with Gasteiger partial charge in [-0.25, -0.2) is 0 Å². The maximum absolute atomic E-state index is 13.0. The molecule has 1 aromatic heterocycles. The van der Waals surface area contributed by atoms with E-state index in [4.69, 9.17) is 0 Å². The minimum Gasteiger partial charge on any atom is -0.293 e. The van der Waals surface area contributed by atoms with Crippen LogP contribution in [0.2, 0.25) is 0 Å². The minimum atomic E-state index is -0.530. The lowest BCUT2D eigenvalue weighted by Gasteiger charge is -2.23. The highest BCUT2D eigenvalue weighted by Gasteiger charge is 2.32. The topological polar surface area (TPSA) is 17.1 Å². The number of carbonyl (C=O) groups excluding carboxylic acids is 1. The van der Waals surface area contributed by atoms with E-state index in [9.17, 15) is 4.79 Å². The van der Waals surface area contributed by atoms with Crippen molar-refractivity contribution in [3.8, 4) is 0 Å². The second-order valence-electron chi connectivity index (χ2n) is 5.59. The quantitative estimate of drug-likeness (QED) is 0.538.